The van der Waals surface area contributed by atoms with Gasteiger partial charge in [0, 0.05) is 0 Å². The number of alkyl halides is 2. The van der Waals surface area contributed by atoms with E-state index in [4.69, 9.17) is 10.2 Å². The third-order valence-electron chi connectivity index (χ3n) is 1.97. The number of aromatic carboxylic acids is 1. The number of carboxylic acids is 2. The Morgan fingerprint density at radius 1 is 1.06 bits per heavy atom. The van der Waals surface area contributed by atoms with Crippen molar-refractivity contribution in [2.24, 2.45) is 0 Å². The lowest BCUT2D eigenvalue weighted by atomic mass is 10.1. The third-order valence-corrected chi connectivity index (χ3v) is 4.66. The molecule has 0 bridgehead atoms. The number of halogens is 2. The Bertz CT molecular complexity index is 402. The van der Waals surface area contributed by atoms with Crippen LogP contribution in [-0.2, 0) is 4.79 Å². The highest BCUT2D eigenvalue weighted by molar-refractivity contribution is 9.12. The lowest BCUT2D eigenvalue weighted by molar-refractivity contribution is -0.136. The Morgan fingerprint density at radius 2 is 1.56 bits per heavy atom. The lowest BCUT2D eigenvalue weighted by Crippen LogP contribution is -2.17. The van der Waals surface area contributed by atoms with E-state index in [1.54, 1.807) is 12.1 Å². The van der Waals surface area contributed by atoms with Gasteiger partial charge < -0.3 is 10.2 Å². The molecule has 0 saturated heterocycles. The van der Waals surface area contributed by atoms with Crippen molar-refractivity contribution in [2.75, 3.05) is 0 Å². The lowest BCUT2D eigenvalue weighted by Gasteiger charge is -2.13. The van der Waals surface area contributed by atoms with Crippen LogP contribution in [0.4, 0.5) is 0 Å². The van der Waals surface area contributed by atoms with Gasteiger partial charge in [-0.2, -0.15) is 0 Å². The molecule has 0 heterocycles. The minimum Gasteiger partial charge on any atom is -0.480 e. The van der Waals surface area contributed by atoms with E-state index in [0.29, 0.717) is 5.56 Å². The maximum atomic E-state index is 10.7. The highest BCUT2D eigenvalue weighted by Crippen LogP contribution is 2.31. The van der Waals surface area contributed by atoms with Crippen molar-refractivity contribution in [2.45, 2.75) is 9.65 Å². The molecule has 0 saturated carbocycles. The summed E-state index contributed by atoms with van der Waals surface area (Å²) in [6.07, 6.45) is 0. The van der Waals surface area contributed by atoms with E-state index >= 15 is 0 Å². The number of hydrogen-bond acceptors (Lipinski definition) is 2. The molecule has 6 heteroatoms. The van der Waals surface area contributed by atoms with Crippen LogP contribution in [0.2, 0.25) is 0 Å². The van der Waals surface area contributed by atoms with E-state index in [1.165, 1.54) is 12.1 Å². The molecule has 0 aliphatic rings. The van der Waals surface area contributed by atoms with E-state index in [1.807, 2.05) is 0 Å². The highest BCUT2D eigenvalue weighted by atomic mass is 79.9. The summed E-state index contributed by atoms with van der Waals surface area (Å²) in [6, 6.07) is 6.04. The fraction of sp³-hybridized carbons (Fsp3) is 0.200. The zero-order valence-electron chi connectivity index (χ0n) is 7.93. The number of aliphatic carboxylic acids is 1. The molecule has 86 valence electrons. The van der Waals surface area contributed by atoms with Crippen LogP contribution in [0.5, 0.6) is 0 Å². The van der Waals surface area contributed by atoms with Gasteiger partial charge >= 0.3 is 11.9 Å². The van der Waals surface area contributed by atoms with Crippen LogP contribution in [0.1, 0.15) is 20.7 Å². The van der Waals surface area contributed by atoms with Crippen LogP contribution in [0.25, 0.3) is 0 Å². The predicted molar refractivity (Wildman–Crippen MR) is 65.4 cm³/mol. The molecule has 0 aliphatic heterocycles. The van der Waals surface area contributed by atoms with Crippen LogP contribution in [0.15, 0.2) is 24.3 Å². The molecule has 16 heavy (non-hydrogen) atoms. The molecule has 0 aromatic heterocycles. The van der Waals surface area contributed by atoms with Crippen LogP contribution < -0.4 is 0 Å². The second-order valence-electron chi connectivity index (χ2n) is 3.07. The average molecular weight is 352 g/mol. The van der Waals surface area contributed by atoms with Gasteiger partial charge in [-0.05, 0) is 17.7 Å². The number of rotatable bonds is 4. The van der Waals surface area contributed by atoms with E-state index in [0.717, 1.165) is 0 Å². The molecule has 2 N–H and O–H groups in total. The molecular formula is C10H8Br2O4. The van der Waals surface area contributed by atoms with Gasteiger partial charge in [0.05, 0.1) is 10.4 Å². The van der Waals surface area contributed by atoms with Gasteiger partial charge in [-0.1, -0.05) is 44.0 Å². The summed E-state index contributed by atoms with van der Waals surface area (Å²) in [5.74, 6) is -1.99. The zero-order chi connectivity index (χ0) is 12.3. The Hall–Kier alpha value is -0.880. The molecule has 0 unspecified atom stereocenters. The molecule has 4 nitrogen and oxygen atoms in total. The van der Waals surface area contributed by atoms with Crippen molar-refractivity contribution in [3.63, 3.8) is 0 Å². The molecule has 0 spiro atoms. The summed E-state index contributed by atoms with van der Waals surface area (Å²) < 4.78 is 0. The van der Waals surface area contributed by atoms with Gasteiger partial charge in [-0.25, -0.2) is 4.79 Å². The van der Waals surface area contributed by atoms with Crippen LogP contribution >= 0.6 is 31.9 Å². The standard InChI is InChI=1S/C10H8Br2O4/c11-7(8(12)10(15)16)5-1-3-6(4-2-5)9(13)14/h1-4,7-8H,(H,13,14)(H,15,16)/t7-,8-/m1/s1. The number of carboxylic acid groups (broad SMARTS) is 2. The molecule has 2 atom stereocenters. The van der Waals surface area contributed by atoms with Gasteiger partial charge in [0.25, 0.3) is 0 Å². The topological polar surface area (TPSA) is 74.6 Å². The summed E-state index contributed by atoms with van der Waals surface area (Å²) in [5.41, 5.74) is 0.874. The Balaban J connectivity index is 2.89. The largest absolute Gasteiger partial charge is 0.480 e. The molecule has 0 fully saturated rings. The van der Waals surface area contributed by atoms with Crippen molar-refractivity contribution >= 4 is 43.8 Å². The van der Waals surface area contributed by atoms with Crippen molar-refractivity contribution in [3.05, 3.63) is 35.4 Å². The SMILES string of the molecule is O=C(O)c1ccc([C@@H](Br)[C@@H](Br)C(=O)O)cc1. The van der Waals surface area contributed by atoms with Crippen LogP contribution in [0.3, 0.4) is 0 Å². The second-order valence-corrected chi connectivity index (χ2v) is 5.04. The second kappa shape index (κ2) is 5.45. The molecule has 1 rings (SSSR count). The number of benzene rings is 1. The first kappa shape index (κ1) is 13.2. The Kier molecular flexibility index (Phi) is 4.49. The van der Waals surface area contributed by atoms with Crippen molar-refractivity contribution in [1.29, 1.82) is 0 Å². The maximum Gasteiger partial charge on any atom is 0.335 e. The van der Waals surface area contributed by atoms with E-state index in [2.05, 4.69) is 31.9 Å². The molecule has 1 aromatic carbocycles. The van der Waals surface area contributed by atoms with Crippen molar-refractivity contribution < 1.29 is 19.8 Å². The quantitative estimate of drug-likeness (QED) is 0.818. The summed E-state index contributed by atoms with van der Waals surface area (Å²) >= 11 is 6.27. The normalized spacial score (nSPS) is 14.1. The number of carbonyl (C=O) groups is 2. The first-order chi connectivity index (χ1) is 7.43. The van der Waals surface area contributed by atoms with Gasteiger partial charge in [-0.3, -0.25) is 4.79 Å². The molecule has 1 aromatic rings. The van der Waals surface area contributed by atoms with E-state index in [9.17, 15) is 9.59 Å². The van der Waals surface area contributed by atoms with E-state index < -0.39 is 21.6 Å². The smallest absolute Gasteiger partial charge is 0.335 e. The first-order valence-electron chi connectivity index (χ1n) is 4.27. The minimum atomic E-state index is -1.01. The summed E-state index contributed by atoms with van der Waals surface area (Å²) in [6.45, 7) is 0. The third kappa shape index (κ3) is 3.05. The highest BCUT2D eigenvalue weighted by Gasteiger charge is 2.24. The Labute approximate surface area is 109 Å². The fourth-order valence-corrected chi connectivity index (χ4v) is 1.94. The van der Waals surface area contributed by atoms with Crippen molar-refractivity contribution in [3.8, 4) is 0 Å². The van der Waals surface area contributed by atoms with E-state index in [-0.39, 0.29) is 5.56 Å². The summed E-state index contributed by atoms with van der Waals surface area (Å²) in [7, 11) is 0. The monoisotopic (exact) mass is 350 g/mol. The fourth-order valence-electron chi connectivity index (χ4n) is 1.10. The predicted octanol–water partition coefficient (Wildman–Crippen LogP) is 2.67. The van der Waals surface area contributed by atoms with Crippen molar-refractivity contribution in [1.82, 2.24) is 0 Å². The van der Waals surface area contributed by atoms with Gasteiger partial charge in [0.15, 0.2) is 0 Å². The molecular weight excluding hydrogens is 344 g/mol. The Morgan fingerprint density at radius 3 is 1.94 bits per heavy atom. The molecule has 0 aliphatic carbocycles. The van der Waals surface area contributed by atoms with Crippen LogP contribution in [0, 0.1) is 0 Å². The van der Waals surface area contributed by atoms with Gasteiger partial charge in [0.1, 0.15) is 4.83 Å². The van der Waals surface area contributed by atoms with Gasteiger partial charge in [0.2, 0.25) is 0 Å². The number of hydrogen-bond donors (Lipinski definition) is 2. The molecule has 0 radical (unpaired) electrons. The average Bonchev–Trinajstić information content (AvgIpc) is 2.27. The summed E-state index contributed by atoms with van der Waals surface area (Å²) in [4.78, 5) is 20.2. The molecule has 0 amide bonds. The van der Waals surface area contributed by atoms with Crippen LogP contribution in [-0.4, -0.2) is 27.0 Å². The van der Waals surface area contributed by atoms with Gasteiger partial charge in [-0.15, -0.1) is 0 Å². The maximum absolute atomic E-state index is 10.7. The minimum absolute atomic E-state index is 0.171. The first-order valence-corrected chi connectivity index (χ1v) is 6.11. The zero-order valence-corrected chi connectivity index (χ0v) is 11.1. The summed E-state index contributed by atoms with van der Waals surface area (Å²) in [5, 5.41) is 17.5.